The zero-order valence-corrected chi connectivity index (χ0v) is 13.3. The first-order valence-electron chi connectivity index (χ1n) is 5.97. The average molecular weight is 333 g/mol. The lowest BCUT2D eigenvalue weighted by atomic mass is 10.2. The van der Waals surface area contributed by atoms with Crippen LogP contribution in [0.2, 0.25) is 0 Å². The first-order valence-corrected chi connectivity index (χ1v) is 5.97. The standard InChI is InChI=1S/C12H16N6O.2ClH/c1-9(13-2)5-16-12(19)10-3-4-11(15-6-10)18-8-14-7-17-18;;/h3-4,6-9,13H,5H2,1-2H3,(H,16,19);2*1H. The summed E-state index contributed by atoms with van der Waals surface area (Å²) in [5.41, 5.74) is 0.521. The summed E-state index contributed by atoms with van der Waals surface area (Å²) in [4.78, 5) is 19.9. The number of aromatic nitrogens is 4. The summed E-state index contributed by atoms with van der Waals surface area (Å²) in [7, 11) is 1.85. The molecule has 0 fully saturated rings. The van der Waals surface area contributed by atoms with E-state index < -0.39 is 0 Å². The Kier molecular flexibility index (Phi) is 8.52. The number of nitrogens with zero attached hydrogens (tertiary/aromatic N) is 4. The fourth-order valence-corrected chi connectivity index (χ4v) is 1.43. The van der Waals surface area contributed by atoms with Crippen LogP contribution in [0.1, 0.15) is 17.3 Å². The zero-order valence-electron chi connectivity index (χ0n) is 11.7. The molecule has 0 bridgehead atoms. The third-order valence-electron chi connectivity index (χ3n) is 2.73. The number of hydrogen-bond donors (Lipinski definition) is 2. The zero-order chi connectivity index (χ0) is 13.7. The van der Waals surface area contributed by atoms with Crippen LogP contribution in [0.15, 0.2) is 31.0 Å². The summed E-state index contributed by atoms with van der Waals surface area (Å²) in [6.45, 7) is 2.56. The quantitative estimate of drug-likeness (QED) is 0.847. The number of amides is 1. The Labute approximate surface area is 135 Å². The van der Waals surface area contributed by atoms with Gasteiger partial charge in [0.1, 0.15) is 12.7 Å². The van der Waals surface area contributed by atoms with Crippen LogP contribution in [0.3, 0.4) is 0 Å². The molecular weight excluding hydrogens is 315 g/mol. The molecule has 2 N–H and O–H groups in total. The molecule has 2 aromatic rings. The molecule has 0 aliphatic heterocycles. The molecule has 2 heterocycles. The van der Waals surface area contributed by atoms with Gasteiger partial charge in [-0.1, -0.05) is 0 Å². The molecule has 0 saturated heterocycles. The van der Waals surface area contributed by atoms with Crippen molar-refractivity contribution in [3.63, 3.8) is 0 Å². The Morgan fingerprint density at radius 2 is 2.14 bits per heavy atom. The minimum Gasteiger partial charge on any atom is -0.350 e. The minimum atomic E-state index is -0.139. The second-order valence-electron chi connectivity index (χ2n) is 4.14. The summed E-state index contributed by atoms with van der Waals surface area (Å²) in [6.07, 6.45) is 4.51. The maximum absolute atomic E-state index is 11.8. The van der Waals surface area contributed by atoms with Crippen LogP contribution in [-0.2, 0) is 0 Å². The molecule has 1 atom stereocenters. The minimum absolute atomic E-state index is 0. The molecule has 0 radical (unpaired) electrons. The van der Waals surface area contributed by atoms with Gasteiger partial charge in [0.25, 0.3) is 5.91 Å². The molecule has 0 spiro atoms. The molecule has 0 aliphatic carbocycles. The predicted molar refractivity (Wildman–Crippen MR) is 84.5 cm³/mol. The number of carbonyl (C=O) groups is 1. The summed E-state index contributed by atoms with van der Waals surface area (Å²) in [5, 5.41) is 9.84. The van der Waals surface area contributed by atoms with E-state index in [4.69, 9.17) is 0 Å². The molecule has 21 heavy (non-hydrogen) atoms. The molecule has 7 nitrogen and oxygen atoms in total. The lowest BCUT2D eigenvalue weighted by Gasteiger charge is -2.11. The SMILES string of the molecule is CNC(C)CNC(=O)c1ccc(-n2cncn2)nc1.Cl.Cl. The molecule has 9 heteroatoms. The normalized spacial score (nSPS) is 11.0. The van der Waals surface area contributed by atoms with E-state index in [9.17, 15) is 4.79 Å². The number of halogens is 2. The third-order valence-corrected chi connectivity index (χ3v) is 2.73. The number of hydrogen-bond acceptors (Lipinski definition) is 5. The summed E-state index contributed by atoms with van der Waals surface area (Å²) in [6, 6.07) is 3.67. The van der Waals surface area contributed by atoms with Crippen molar-refractivity contribution in [1.82, 2.24) is 30.4 Å². The van der Waals surface area contributed by atoms with Crippen LogP contribution in [0.5, 0.6) is 0 Å². The van der Waals surface area contributed by atoms with Crippen molar-refractivity contribution in [2.75, 3.05) is 13.6 Å². The lowest BCUT2D eigenvalue weighted by molar-refractivity contribution is 0.0950. The Hall–Kier alpha value is -1.70. The molecular formula is C12H18Cl2N6O. The molecule has 1 unspecified atom stereocenters. The number of nitrogens with one attached hydrogen (secondary N) is 2. The largest absolute Gasteiger partial charge is 0.350 e. The Bertz CT molecular complexity index is 531. The van der Waals surface area contributed by atoms with E-state index in [1.807, 2.05) is 14.0 Å². The van der Waals surface area contributed by atoms with Crippen LogP contribution < -0.4 is 10.6 Å². The van der Waals surface area contributed by atoms with Gasteiger partial charge in [-0.15, -0.1) is 24.8 Å². The number of carbonyl (C=O) groups excluding carboxylic acids is 1. The Balaban J connectivity index is 0.00000200. The molecule has 0 saturated carbocycles. The highest BCUT2D eigenvalue weighted by Crippen LogP contribution is 2.03. The predicted octanol–water partition coefficient (Wildman–Crippen LogP) is 0.844. The van der Waals surface area contributed by atoms with E-state index >= 15 is 0 Å². The van der Waals surface area contributed by atoms with Gasteiger partial charge in [0.15, 0.2) is 5.82 Å². The highest BCUT2D eigenvalue weighted by Gasteiger charge is 2.08. The van der Waals surface area contributed by atoms with Gasteiger partial charge < -0.3 is 10.6 Å². The van der Waals surface area contributed by atoms with Gasteiger partial charge in [0.05, 0.1) is 5.56 Å². The maximum Gasteiger partial charge on any atom is 0.252 e. The summed E-state index contributed by atoms with van der Waals surface area (Å²) < 4.78 is 1.53. The molecule has 2 rings (SSSR count). The Morgan fingerprint density at radius 1 is 1.38 bits per heavy atom. The van der Waals surface area contributed by atoms with E-state index in [0.29, 0.717) is 17.9 Å². The number of rotatable bonds is 5. The smallest absolute Gasteiger partial charge is 0.252 e. The van der Waals surface area contributed by atoms with Crippen LogP contribution >= 0.6 is 24.8 Å². The van der Waals surface area contributed by atoms with E-state index in [1.54, 1.807) is 18.5 Å². The third kappa shape index (κ3) is 5.30. The molecule has 1 amide bonds. The fraction of sp³-hybridized carbons (Fsp3) is 0.333. The fourth-order valence-electron chi connectivity index (χ4n) is 1.43. The van der Waals surface area contributed by atoms with Crippen molar-refractivity contribution in [2.45, 2.75) is 13.0 Å². The van der Waals surface area contributed by atoms with Crippen LogP contribution in [-0.4, -0.2) is 45.3 Å². The summed E-state index contributed by atoms with van der Waals surface area (Å²) >= 11 is 0. The Morgan fingerprint density at radius 3 is 2.67 bits per heavy atom. The number of likely N-dealkylation sites (N-methyl/N-ethyl adjacent to an activating group) is 1. The average Bonchev–Trinajstić information content (AvgIpc) is 2.98. The lowest BCUT2D eigenvalue weighted by Crippen LogP contribution is -2.37. The van der Waals surface area contributed by atoms with Crippen LogP contribution in [0.25, 0.3) is 5.82 Å². The van der Waals surface area contributed by atoms with E-state index in [0.717, 1.165) is 0 Å². The first kappa shape index (κ1) is 19.3. The van der Waals surface area contributed by atoms with Gasteiger partial charge in [-0.3, -0.25) is 4.79 Å². The van der Waals surface area contributed by atoms with Crippen LogP contribution in [0.4, 0.5) is 0 Å². The van der Waals surface area contributed by atoms with Crippen molar-refractivity contribution < 1.29 is 4.79 Å². The highest BCUT2D eigenvalue weighted by atomic mass is 35.5. The van der Waals surface area contributed by atoms with Gasteiger partial charge in [0.2, 0.25) is 0 Å². The molecule has 116 valence electrons. The highest BCUT2D eigenvalue weighted by molar-refractivity contribution is 5.93. The van der Waals surface area contributed by atoms with Gasteiger partial charge in [0, 0.05) is 18.8 Å². The van der Waals surface area contributed by atoms with Gasteiger partial charge >= 0.3 is 0 Å². The van der Waals surface area contributed by atoms with Gasteiger partial charge in [-0.05, 0) is 26.1 Å². The van der Waals surface area contributed by atoms with E-state index in [-0.39, 0.29) is 36.8 Å². The molecule has 2 aromatic heterocycles. The topological polar surface area (TPSA) is 84.7 Å². The maximum atomic E-state index is 11.8. The van der Waals surface area contributed by atoms with E-state index in [2.05, 4.69) is 25.7 Å². The molecule has 0 aromatic carbocycles. The van der Waals surface area contributed by atoms with Crippen molar-refractivity contribution in [3.05, 3.63) is 36.5 Å². The van der Waals surface area contributed by atoms with E-state index in [1.165, 1.54) is 17.2 Å². The van der Waals surface area contributed by atoms with Gasteiger partial charge in [-0.2, -0.15) is 5.10 Å². The second kappa shape index (κ2) is 9.28. The van der Waals surface area contributed by atoms with Gasteiger partial charge in [-0.25, -0.2) is 14.6 Å². The van der Waals surface area contributed by atoms with Crippen molar-refractivity contribution >= 4 is 30.7 Å². The first-order chi connectivity index (χ1) is 9.20. The second-order valence-corrected chi connectivity index (χ2v) is 4.14. The molecule has 0 aliphatic rings. The van der Waals surface area contributed by atoms with Crippen LogP contribution in [0, 0.1) is 0 Å². The summed E-state index contributed by atoms with van der Waals surface area (Å²) in [5.74, 6) is 0.484. The number of pyridine rings is 1. The van der Waals surface area contributed by atoms with Crippen molar-refractivity contribution in [2.24, 2.45) is 0 Å². The van der Waals surface area contributed by atoms with Crippen molar-refractivity contribution in [3.8, 4) is 5.82 Å². The van der Waals surface area contributed by atoms with Crippen molar-refractivity contribution in [1.29, 1.82) is 0 Å². The monoisotopic (exact) mass is 332 g/mol.